The molecular formula is C21H24ClN3O4. The van der Waals surface area contributed by atoms with Crippen molar-refractivity contribution in [2.75, 3.05) is 11.9 Å². The summed E-state index contributed by atoms with van der Waals surface area (Å²) >= 11 is 6.32. The van der Waals surface area contributed by atoms with E-state index in [1.54, 1.807) is 35.9 Å². The lowest BCUT2D eigenvalue weighted by Crippen LogP contribution is -2.21. The number of Topliss-reactive ketones (excluding diaryl/α,β-unsaturated/α-hetero) is 1. The summed E-state index contributed by atoms with van der Waals surface area (Å²) in [7, 11) is 0. The second-order valence-electron chi connectivity index (χ2n) is 6.96. The number of para-hydroxylation sites is 1. The number of nitrogens with one attached hydrogen (secondary N) is 1. The largest absolute Gasteiger partial charge is 0.452 e. The van der Waals surface area contributed by atoms with Crippen LogP contribution in [-0.4, -0.2) is 34.0 Å². The molecule has 0 fully saturated rings. The summed E-state index contributed by atoms with van der Waals surface area (Å²) in [6, 6.07) is 6.62. The number of hydrogen-bond donors (Lipinski definition) is 1. The third kappa shape index (κ3) is 6.29. The van der Waals surface area contributed by atoms with E-state index in [0.717, 1.165) is 0 Å². The van der Waals surface area contributed by atoms with Crippen molar-refractivity contribution in [3.8, 4) is 0 Å². The van der Waals surface area contributed by atoms with Crippen molar-refractivity contribution in [3.63, 3.8) is 0 Å². The van der Waals surface area contributed by atoms with Crippen molar-refractivity contribution in [3.05, 3.63) is 52.3 Å². The quantitative estimate of drug-likeness (QED) is 0.399. The van der Waals surface area contributed by atoms with Crippen molar-refractivity contribution < 1.29 is 19.1 Å². The molecule has 0 aliphatic carbocycles. The van der Waals surface area contributed by atoms with E-state index in [0.29, 0.717) is 40.1 Å². The Kier molecular flexibility index (Phi) is 7.73. The Labute approximate surface area is 174 Å². The van der Waals surface area contributed by atoms with Crippen LogP contribution in [0.25, 0.3) is 6.08 Å². The number of rotatable bonds is 8. The van der Waals surface area contributed by atoms with Crippen molar-refractivity contribution >= 4 is 41.0 Å². The zero-order chi connectivity index (χ0) is 21.6. The van der Waals surface area contributed by atoms with Gasteiger partial charge in [0.2, 0.25) is 0 Å². The summed E-state index contributed by atoms with van der Waals surface area (Å²) in [4.78, 5) is 35.6. The number of esters is 1. The van der Waals surface area contributed by atoms with Crippen LogP contribution in [0.2, 0.25) is 5.15 Å². The second-order valence-corrected chi connectivity index (χ2v) is 7.31. The average molecular weight is 418 g/mol. The molecule has 0 spiro atoms. The minimum atomic E-state index is -0.688. The molecule has 0 saturated heterocycles. The molecule has 0 unspecified atom stereocenters. The first-order chi connectivity index (χ1) is 13.7. The number of ether oxygens (including phenoxy) is 1. The van der Waals surface area contributed by atoms with Gasteiger partial charge in [0.05, 0.1) is 11.4 Å². The fourth-order valence-corrected chi connectivity index (χ4v) is 2.95. The Bertz CT molecular complexity index is 947. The molecule has 0 radical (unpaired) electrons. The first-order valence-corrected chi connectivity index (χ1v) is 9.54. The van der Waals surface area contributed by atoms with Gasteiger partial charge in [-0.25, -0.2) is 4.79 Å². The standard InChI is InChI=1S/C21H24ClN3O4/c1-13(2)11-25-21(22)16(14(3)24-25)9-10-20(28)29-12-19(27)23-18-8-6-5-7-17(18)15(4)26/h5-10,13H,11-12H2,1-4H3,(H,23,27)/b10-9+. The number of benzene rings is 1. The number of hydrogen-bond acceptors (Lipinski definition) is 5. The predicted octanol–water partition coefficient (Wildman–Crippen LogP) is 3.90. The highest BCUT2D eigenvalue weighted by Gasteiger charge is 2.13. The van der Waals surface area contributed by atoms with E-state index in [4.69, 9.17) is 16.3 Å². The molecular weight excluding hydrogens is 394 g/mol. The molecule has 0 aliphatic heterocycles. The van der Waals surface area contributed by atoms with Gasteiger partial charge in [-0.1, -0.05) is 37.6 Å². The van der Waals surface area contributed by atoms with Gasteiger partial charge in [0.25, 0.3) is 5.91 Å². The van der Waals surface area contributed by atoms with Gasteiger partial charge in [-0.2, -0.15) is 5.10 Å². The number of anilines is 1. The molecule has 1 heterocycles. The highest BCUT2D eigenvalue weighted by Crippen LogP contribution is 2.22. The minimum Gasteiger partial charge on any atom is -0.452 e. The molecule has 0 saturated carbocycles. The van der Waals surface area contributed by atoms with Crippen LogP contribution in [-0.2, 0) is 20.9 Å². The average Bonchev–Trinajstić information content (AvgIpc) is 2.91. The fraction of sp³-hybridized carbons (Fsp3) is 0.333. The van der Waals surface area contributed by atoms with E-state index >= 15 is 0 Å². The van der Waals surface area contributed by atoms with Gasteiger partial charge in [0.1, 0.15) is 5.15 Å². The number of carbonyl (C=O) groups excluding carboxylic acids is 3. The maximum atomic E-state index is 12.0. The van der Waals surface area contributed by atoms with Crippen LogP contribution in [0.1, 0.15) is 42.4 Å². The molecule has 29 heavy (non-hydrogen) atoms. The number of amides is 1. The first kappa shape index (κ1) is 22.4. The van der Waals surface area contributed by atoms with Gasteiger partial charge in [-0.15, -0.1) is 0 Å². The molecule has 1 aromatic heterocycles. The van der Waals surface area contributed by atoms with E-state index < -0.39 is 18.5 Å². The van der Waals surface area contributed by atoms with Crippen LogP contribution in [0.4, 0.5) is 5.69 Å². The molecule has 8 heteroatoms. The highest BCUT2D eigenvalue weighted by molar-refractivity contribution is 6.31. The minimum absolute atomic E-state index is 0.175. The van der Waals surface area contributed by atoms with Crippen molar-refractivity contribution in [1.29, 1.82) is 0 Å². The Balaban J connectivity index is 1.94. The maximum Gasteiger partial charge on any atom is 0.331 e. The van der Waals surface area contributed by atoms with Crippen LogP contribution in [0.3, 0.4) is 0 Å². The zero-order valence-corrected chi connectivity index (χ0v) is 17.6. The molecule has 7 nitrogen and oxygen atoms in total. The number of nitrogens with zero attached hydrogens (tertiary/aromatic N) is 2. The fourth-order valence-electron chi connectivity index (χ4n) is 2.64. The van der Waals surface area contributed by atoms with Crippen LogP contribution in [0.5, 0.6) is 0 Å². The Morgan fingerprint density at radius 2 is 1.97 bits per heavy atom. The smallest absolute Gasteiger partial charge is 0.331 e. The highest BCUT2D eigenvalue weighted by atomic mass is 35.5. The molecule has 1 N–H and O–H groups in total. The number of carbonyl (C=O) groups is 3. The van der Waals surface area contributed by atoms with Crippen molar-refractivity contribution in [2.24, 2.45) is 5.92 Å². The molecule has 0 aliphatic rings. The summed E-state index contributed by atoms with van der Waals surface area (Å²) in [5.41, 5.74) is 2.08. The Morgan fingerprint density at radius 1 is 1.28 bits per heavy atom. The topological polar surface area (TPSA) is 90.3 Å². The van der Waals surface area contributed by atoms with E-state index in [1.165, 1.54) is 19.1 Å². The third-order valence-electron chi connectivity index (χ3n) is 3.96. The van der Waals surface area contributed by atoms with E-state index in [-0.39, 0.29) is 5.78 Å². The van der Waals surface area contributed by atoms with Crippen LogP contribution >= 0.6 is 11.6 Å². The summed E-state index contributed by atoms with van der Waals surface area (Å²) in [5, 5.41) is 7.37. The second kappa shape index (κ2) is 10.0. The predicted molar refractivity (Wildman–Crippen MR) is 112 cm³/mol. The third-order valence-corrected chi connectivity index (χ3v) is 4.36. The van der Waals surface area contributed by atoms with Crippen LogP contribution in [0, 0.1) is 12.8 Å². The maximum absolute atomic E-state index is 12.0. The van der Waals surface area contributed by atoms with Gasteiger partial charge in [0, 0.05) is 23.7 Å². The normalized spacial score (nSPS) is 11.1. The SMILES string of the molecule is CC(=O)c1ccccc1NC(=O)COC(=O)/C=C/c1c(C)nn(CC(C)C)c1Cl. The number of ketones is 1. The molecule has 2 rings (SSSR count). The lowest BCUT2D eigenvalue weighted by molar-refractivity contribution is -0.142. The molecule has 0 bridgehead atoms. The molecule has 2 aromatic rings. The van der Waals surface area contributed by atoms with Crippen molar-refractivity contribution in [1.82, 2.24) is 9.78 Å². The van der Waals surface area contributed by atoms with Crippen LogP contribution < -0.4 is 5.32 Å². The monoisotopic (exact) mass is 417 g/mol. The van der Waals surface area contributed by atoms with E-state index in [2.05, 4.69) is 24.3 Å². The molecule has 0 atom stereocenters. The molecule has 1 aromatic carbocycles. The van der Waals surface area contributed by atoms with E-state index in [9.17, 15) is 14.4 Å². The first-order valence-electron chi connectivity index (χ1n) is 9.16. The van der Waals surface area contributed by atoms with Gasteiger partial charge in [-0.05, 0) is 38.0 Å². The lowest BCUT2D eigenvalue weighted by atomic mass is 10.1. The van der Waals surface area contributed by atoms with Crippen molar-refractivity contribution in [2.45, 2.75) is 34.2 Å². The van der Waals surface area contributed by atoms with Gasteiger partial charge in [0.15, 0.2) is 12.4 Å². The summed E-state index contributed by atoms with van der Waals surface area (Å²) in [6.07, 6.45) is 2.72. The summed E-state index contributed by atoms with van der Waals surface area (Å²) in [5.74, 6) is -1.03. The van der Waals surface area contributed by atoms with Crippen LogP contribution in [0.15, 0.2) is 30.3 Å². The molecule has 1 amide bonds. The van der Waals surface area contributed by atoms with E-state index in [1.807, 2.05) is 0 Å². The lowest BCUT2D eigenvalue weighted by Gasteiger charge is -2.08. The number of halogens is 1. The van der Waals surface area contributed by atoms with Gasteiger partial charge >= 0.3 is 5.97 Å². The van der Waals surface area contributed by atoms with Gasteiger partial charge in [-0.3, -0.25) is 14.3 Å². The summed E-state index contributed by atoms with van der Waals surface area (Å²) in [6.45, 7) is 7.51. The molecule has 154 valence electrons. The summed E-state index contributed by atoms with van der Waals surface area (Å²) < 4.78 is 6.64. The Hall–Kier alpha value is -2.93. The number of aromatic nitrogens is 2. The Morgan fingerprint density at radius 3 is 2.62 bits per heavy atom. The zero-order valence-electron chi connectivity index (χ0n) is 16.9. The van der Waals surface area contributed by atoms with Gasteiger partial charge < -0.3 is 10.1 Å². The number of aryl methyl sites for hydroxylation is 1.